The summed E-state index contributed by atoms with van der Waals surface area (Å²) in [6.07, 6.45) is 0.222. The summed E-state index contributed by atoms with van der Waals surface area (Å²) in [5.41, 5.74) is 1.35. The molecule has 98 valence electrons. The van der Waals surface area contributed by atoms with E-state index in [9.17, 15) is 4.79 Å². The van der Waals surface area contributed by atoms with Crippen LogP contribution in [0.2, 0.25) is 10.0 Å². The highest BCUT2D eigenvalue weighted by Gasteiger charge is 2.13. The van der Waals surface area contributed by atoms with E-state index in [0.29, 0.717) is 15.6 Å². The Hall–Kier alpha value is -0.350. The second kappa shape index (κ2) is 6.40. The van der Waals surface area contributed by atoms with Gasteiger partial charge in [0.15, 0.2) is 5.78 Å². The Bertz CT molecular complexity index is 641. The minimum atomic E-state index is -0.0106. The second-order valence-electron chi connectivity index (χ2n) is 3.96. The molecule has 0 aliphatic heterocycles. The molecule has 0 amide bonds. The van der Waals surface area contributed by atoms with Gasteiger partial charge in [0.2, 0.25) is 0 Å². The van der Waals surface area contributed by atoms with Crippen molar-refractivity contribution >= 4 is 60.8 Å². The van der Waals surface area contributed by atoms with Crippen LogP contribution in [-0.2, 0) is 6.42 Å². The Balaban J connectivity index is 2.28. The van der Waals surface area contributed by atoms with Gasteiger partial charge in [0, 0.05) is 31.0 Å². The molecule has 0 N–H and O–H groups in total. The molecule has 0 aromatic heterocycles. The average Bonchev–Trinajstić information content (AvgIpc) is 2.33. The van der Waals surface area contributed by atoms with Crippen LogP contribution >= 0.6 is 55.1 Å². The van der Waals surface area contributed by atoms with Gasteiger partial charge in [-0.2, -0.15) is 0 Å². The average molecular weight is 423 g/mol. The van der Waals surface area contributed by atoms with E-state index in [4.69, 9.17) is 23.2 Å². The summed E-state index contributed by atoms with van der Waals surface area (Å²) < 4.78 is 1.67. The van der Waals surface area contributed by atoms with E-state index in [-0.39, 0.29) is 12.2 Å². The van der Waals surface area contributed by atoms with Gasteiger partial charge in [-0.15, -0.1) is 0 Å². The lowest BCUT2D eigenvalue weighted by molar-refractivity contribution is 0.0992. The minimum absolute atomic E-state index is 0.0106. The fourth-order valence-corrected chi connectivity index (χ4v) is 3.31. The van der Waals surface area contributed by atoms with Crippen LogP contribution in [0.4, 0.5) is 0 Å². The molecule has 19 heavy (non-hydrogen) atoms. The van der Waals surface area contributed by atoms with E-state index in [1.165, 1.54) is 0 Å². The van der Waals surface area contributed by atoms with E-state index in [1.54, 1.807) is 24.3 Å². The van der Waals surface area contributed by atoms with Crippen LogP contribution in [0.1, 0.15) is 15.9 Å². The Morgan fingerprint density at radius 2 is 1.79 bits per heavy atom. The highest BCUT2D eigenvalue weighted by atomic mass is 79.9. The van der Waals surface area contributed by atoms with E-state index in [0.717, 1.165) is 14.5 Å². The lowest BCUT2D eigenvalue weighted by atomic mass is 10.0. The topological polar surface area (TPSA) is 17.1 Å². The predicted octanol–water partition coefficient (Wildman–Crippen LogP) is 5.94. The molecule has 0 saturated heterocycles. The molecular formula is C14H8Br2Cl2O. The van der Waals surface area contributed by atoms with Crippen molar-refractivity contribution < 1.29 is 4.79 Å². The SMILES string of the molecule is O=C(Cc1cc(Cl)ccc1Cl)c1ccc(Br)cc1Br. The standard InChI is InChI=1S/C14H8Br2Cl2O/c15-9-1-3-11(12(16)7-9)14(19)6-8-5-10(17)2-4-13(8)18/h1-5,7H,6H2. The molecule has 0 radical (unpaired) electrons. The van der Waals surface area contributed by atoms with Crippen molar-refractivity contribution in [1.82, 2.24) is 0 Å². The van der Waals surface area contributed by atoms with Crippen LogP contribution in [0.3, 0.4) is 0 Å². The van der Waals surface area contributed by atoms with Gasteiger partial charge in [-0.25, -0.2) is 0 Å². The number of benzene rings is 2. The van der Waals surface area contributed by atoms with Crippen LogP contribution in [0, 0.1) is 0 Å². The summed E-state index contributed by atoms with van der Waals surface area (Å²) in [6.45, 7) is 0. The Kier molecular flexibility index (Phi) is 5.07. The van der Waals surface area contributed by atoms with E-state index in [2.05, 4.69) is 31.9 Å². The van der Waals surface area contributed by atoms with Crippen LogP contribution < -0.4 is 0 Å². The normalized spacial score (nSPS) is 10.5. The number of carbonyl (C=O) groups is 1. The number of hydrogen-bond donors (Lipinski definition) is 0. The minimum Gasteiger partial charge on any atom is -0.294 e. The first-order valence-corrected chi connectivity index (χ1v) is 7.74. The summed E-state index contributed by atoms with van der Waals surface area (Å²) in [5.74, 6) is -0.0106. The molecule has 0 atom stereocenters. The van der Waals surface area contributed by atoms with Gasteiger partial charge < -0.3 is 0 Å². The molecule has 0 saturated carbocycles. The maximum Gasteiger partial charge on any atom is 0.168 e. The molecule has 2 rings (SSSR count). The van der Waals surface area contributed by atoms with Crippen LogP contribution in [-0.4, -0.2) is 5.78 Å². The zero-order valence-corrected chi connectivity index (χ0v) is 14.3. The molecule has 0 aliphatic rings. The molecule has 0 spiro atoms. The molecule has 0 bridgehead atoms. The lowest BCUT2D eigenvalue weighted by Gasteiger charge is -2.06. The van der Waals surface area contributed by atoms with Crippen molar-refractivity contribution in [2.75, 3.05) is 0 Å². The molecule has 0 heterocycles. The maximum atomic E-state index is 12.3. The van der Waals surface area contributed by atoms with Crippen molar-refractivity contribution in [3.8, 4) is 0 Å². The van der Waals surface area contributed by atoms with Crippen molar-refractivity contribution in [3.05, 3.63) is 66.5 Å². The molecule has 2 aromatic carbocycles. The maximum absolute atomic E-state index is 12.3. The number of Topliss-reactive ketones (excluding diaryl/α,β-unsaturated/α-hetero) is 1. The monoisotopic (exact) mass is 420 g/mol. The fraction of sp³-hybridized carbons (Fsp3) is 0.0714. The second-order valence-corrected chi connectivity index (χ2v) is 6.57. The number of hydrogen-bond acceptors (Lipinski definition) is 1. The first kappa shape index (κ1) is 15.0. The van der Waals surface area contributed by atoms with Crippen molar-refractivity contribution in [1.29, 1.82) is 0 Å². The fourth-order valence-electron chi connectivity index (χ4n) is 1.66. The summed E-state index contributed by atoms with van der Waals surface area (Å²) in [4.78, 5) is 12.3. The van der Waals surface area contributed by atoms with Crippen LogP contribution in [0.25, 0.3) is 0 Å². The van der Waals surface area contributed by atoms with E-state index >= 15 is 0 Å². The third kappa shape index (κ3) is 3.82. The van der Waals surface area contributed by atoms with Gasteiger partial charge in [0.05, 0.1) is 0 Å². The quantitative estimate of drug-likeness (QED) is 0.559. The van der Waals surface area contributed by atoms with Gasteiger partial charge in [-0.05, 0) is 42.0 Å². The van der Waals surface area contributed by atoms with Crippen molar-refractivity contribution in [2.24, 2.45) is 0 Å². The van der Waals surface area contributed by atoms with E-state index < -0.39 is 0 Å². The summed E-state index contributed by atoms with van der Waals surface area (Å²) in [5, 5.41) is 1.12. The molecule has 0 fully saturated rings. The predicted molar refractivity (Wildman–Crippen MR) is 86.3 cm³/mol. The van der Waals surface area contributed by atoms with Gasteiger partial charge in [-0.3, -0.25) is 4.79 Å². The summed E-state index contributed by atoms with van der Waals surface area (Å²) in [6, 6.07) is 10.6. The van der Waals surface area contributed by atoms with Gasteiger partial charge >= 0.3 is 0 Å². The smallest absolute Gasteiger partial charge is 0.168 e. The molecule has 1 nitrogen and oxygen atoms in total. The van der Waals surface area contributed by atoms with Crippen LogP contribution in [0.5, 0.6) is 0 Å². The summed E-state index contributed by atoms with van der Waals surface area (Å²) in [7, 11) is 0. The van der Waals surface area contributed by atoms with Crippen molar-refractivity contribution in [3.63, 3.8) is 0 Å². The molecule has 5 heteroatoms. The largest absolute Gasteiger partial charge is 0.294 e. The zero-order chi connectivity index (χ0) is 14.0. The number of carbonyl (C=O) groups excluding carboxylic acids is 1. The molecule has 0 unspecified atom stereocenters. The summed E-state index contributed by atoms with van der Waals surface area (Å²) >= 11 is 18.7. The molecule has 2 aromatic rings. The number of ketones is 1. The van der Waals surface area contributed by atoms with Gasteiger partial charge in [0.25, 0.3) is 0 Å². The first-order chi connectivity index (χ1) is 8.97. The molecule has 0 aliphatic carbocycles. The van der Waals surface area contributed by atoms with E-state index in [1.807, 2.05) is 12.1 Å². The van der Waals surface area contributed by atoms with Crippen molar-refractivity contribution in [2.45, 2.75) is 6.42 Å². The first-order valence-electron chi connectivity index (χ1n) is 5.39. The Morgan fingerprint density at radius 1 is 1.05 bits per heavy atom. The number of rotatable bonds is 3. The van der Waals surface area contributed by atoms with Gasteiger partial charge in [-0.1, -0.05) is 55.1 Å². The van der Waals surface area contributed by atoms with Gasteiger partial charge in [0.1, 0.15) is 0 Å². The highest BCUT2D eigenvalue weighted by Crippen LogP contribution is 2.26. The lowest BCUT2D eigenvalue weighted by Crippen LogP contribution is -2.05. The third-order valence-electron chi connectivity index (χ3n) is 2.59. The molecular weight excluding hydrogens is 415 g/mol. The third-order valence-corrected chi connectivity index (χ3v) is 4.34. The Labute approximate surface area is 138 Å². The zero-order valence-electron chi connectivity index (χ0n) is 9.59. The highest BCUT2D eigenvalue weighted by molar-refractivity contribution is 9.11. The Morgan fingerprint density at radius 3 is 2.47 bits per heavy atom. The number of halogens is 4. The van der Waals surface area contributed by atoms with Crippen LogP contribution in [0.15, 0.2) is 45.3 Å².